The summed E-state index contributed by atoms with van der Waals surface area (Å²) in [5, 5.41) is 6.12. The molecule has 5 heteroatoms. The predicted molar refractivity (Wildman–Crippen MR) is 99.4 cm³/mol. The molecule has 2 N–H and O–H groups in total. The van der Waals surface area contributed by atoms with E-state index in [0.717, 1.165) is 5.69 Å². The number of hydrogen-bond donors (Lipinski definition) is 2. The molecule has 1 amide bonds. The number of nitrogens with one attached hydrogen (secondary N) is 2. The first-order valence-corrected chi connectivity index (χ1v) is 8.40. The van der Waals surface area contributed by atoms with Gasteiger partial charge >= 0.3 is 0 Å². The van der Waals surface area contributed by atoms with E-state index < -0.39 is 0 Å². The summed E-state index contributed by atoms with van der Waals surface area (Å²) in [5.41, 5.74) is 2.98. The van der Waals surface area contributed by atoms with Crippen molar-refractivity contribution in [3.63, 3.8) is 0 Å². The number of ether oxygens (including phenoxy) is 2. The van der Waals surface area contributed by atoms with Gasteiger partial charge in [-0.1, -0.05) is 32.9 Å². The highest BCUT2D eigenvalue weighted by Gasteiger charge is 2.17. The molecule has 0 radical (unpaired) electrons. The van der Waals surface area contributed by atoms with Gasteiger partial charge in [-0.3, -0.25) is 4.79 Å². The third kappa shape index (κ3) is 4.05. The van der Waals surface area contributed by atoms with E-state index in [4.69, 9.17) is 9.47 Å². The lowest BCUT2D eigenvalue weighted by molar-refractivity contribution is -0.116. The zero-order chi connectivity index (χ0) is 18.0. The lowest BCUT2D eigenvalue weighted by Crippen LogP contribution is -2.31. The number of benzene rings is 2. The second kappa shape index (κ2) is 6.67. The van der Waals surface area contributed by atoms with Gasteiger partial charge in [-0.2, -0.15) is 0 Å². The monoisotopic (exact) mass is 340 g/mol. The maximum Gasteiger partial charge on any atom is 0.246 e. The number of amides is 1. The van der Waals surface area contributed by atoms with Crippen LogP contribution in [0.3, 0.4) is 0 Å². The van der Waals surface area contributed by atoms with Crippen molar-refractivity contribution in [3.8, 4) is 11.5 Å². The van der Waals surface area contributed by atoms with Crippen LogP contribution in [0, 0.1) is 0 Å². The number of fused-ring (bicyclic) bond motifs is 1. The molecule has 0 fully saturated rings. The van der Waals surface area contributed by atoms with E-state index >= 15 is 0 Å². The molecule has 1 aliphatic rings. The summed E-state index contributed by atoms with van der Waals surface area (Å²) in [7, 11) is 0. The van der Waals surface area contributed by atoms with Crippen LogP contribution in [0.15, 0.2) is 42.5 Å². The third-order valence-corrected chi connectivity index (χ3v) is 4.17. The zero-order valence-corrected chi connectivity index (χ0v) is 15.1. The molecule has 0 aliphatic carbocycles. The summed E-state index contributed by atoms with van der Waals surface area (Å²) < 4.78 is 10.6. The van der Waals surface area contributed by atoms with Gasteiger partial charge in [-0.15, -0.1) is 0 Å². The molecule has 0 saturated heterocycles. The van der Waals surface area contributed by atoms with Gasteiger partial charge in [0.2, 0.25) is 12.7 Å². The molecule has 0 aromatic heterocycles. The zero-order valence-electron chi connectivity index (χ0n) is 15.1. The minimum atomic E-state index is -0.370. The van der Waals surface area contributed by atoms with Crippen molar-refractivity contribution in [3.05, 3.63) is 48.0 Å². The Kier molecular flexibility index (Phi) is 4.57. The van der Waals surface area contributed by atoms with Gasteiger partial charge < -0.3 is 20.1 Å². The Balaban J connectivity index is 1.61. The largest absolute Gasteiger partial charge is 0.454 e. The molecule has 2 aromatic carbocycles. The molecule has 5 nitrogen and oxygen atoms in total. The first kappa shape index (κ1) is 17.1. The molecule has 1 atom stereocenters. The number of carbonyl (C=O) groups excluding carboxylic acids is 1. The molecular formula is C20H24N2O3. The third-order valence-electron chi connectivity index (χ3n) is 4.17. The van der Waals surface area contributed by atoms with Crippen molar-refractivity contribution in [1.82, 2.24) is 0 Å². The van der Waals surface area contributed by atoms with Gasteiger partial charge in [0.05, 0.1) is 0 Å². The minimum absolute atomic E-state index is 0.112. The molecule has 0 saturated carbocycles. The van der Waals surface area contributed by atoms with Crippen molar-refractivity contribution in [1.29, 1.82) is 0 Å². The molecule has 1 aliphatic heterocycles. The molecule has 132 valence electrons. The summed E-state index contributed by atoms with van der Waals surface area (Å²) in [6, 6.07) is 13.2. The fourth-order valence-corrected chi connectivity index (χ4v) is 2.61. The van der Waals surface area contributed by atoms with Gasteiger partial charge in [-0.05, 0) is 42.2 Å². The summed E-state index contributed by atoms with van der Waals surface area (Å²) in [6.45, 7) is 8.58. The van der Waals surface area contributed by atoms with Gasteiger partial charge in [0.15, 0.2) is 11.5 Å². The quantitative estimate of drug-likeness (QED) is 0.878. The van der Waals surface area contributed by atoms with E-state index in [0.29, 0.717) is 17.2 Å². The molecule has 3 rings (SSSR count). The second-order valence-corrected chi connectivity index (χ2v) is 7.25. The van der Waals surface area contributed by atoms with Crippen molar-refractivity contribution in [2.75, 3.05) is 17.4 Å². The van der Waals surface area contributed by atoms with Crippen LogP contribution in [0.5, 0.6) is 11.5 Å². The number of anilines is 2. The summed E-state index contributed by atoms with van der Waals surface area (Å²) in [4.78, 5) is 12.4. The average Bonchev–Trinajstić information content (AvgIpc) is 3.02. The van der Waals surface area contributed by atoms with Crippen molar-refractivity contribution in [2.45, 2.75) is 39.2 Å². The van der Waals surface area contributed by atoms with Crippen LogP contribution in [0.1, 0.15) is 33.3 Å². The summed E-state index contributed by atoms with van der Waals surface area (Å²) in [6.07, 6.45) is 0. The molecule has 0 spiro atoms. The number of rotatable bonds is 4. The maximum absolute atomic E-state index is 12.4. The van der Waals surface area contributed by atoms with Crippen LogP contribution >= 0.6 is 0 Å². The Labute approximate surface area is 148 Å². The first-order chi connectivity index (χ1) is 11.8. The number of carbonyl (C=O) groups is 1. The molecule has 1 heterocycles. The van der Waals surface area contributed by atoms with E-state index in [9.17, 15) is 4.79 Å². The van der Waals surface area contributed by atoms with Crippen LogP contribution in [0.25, 0.3) is 0 Å². The van der Waals surface area contributed by atoms with Crippen LogP contribution < -0.4 is 20.1 Å². The van der Waals surface area contributed by atoms with E-state index in [1.165, 1.54) is 5.56 Å². The molecule has 2 aromatic rings. The highest BCUT2D eigenvalue weighted by atomic mass is 16.7. The lowest BCUT2D eigenvalue weighted by atomic mass is 9.87. The topological polar surface area (TPSA) is 59.6 Å². The predicted octanol–water partition coefficient (Wildman–Crippen LogP) is 4.15. The SMILES string of the molecule is CC(Nc1ccc(C(C)(C)C)cc1)C(=O)Nc1ccc2c(c1)OCO2. The van der Waals surface area contributed by atoms with Crippen LogP contribution in [0.4, 0.5) is 11.4 Å². The fraction of sp³-hybridized carbons (Fsp3) is 0.350. The first-order valence-electron chi connectivity index (χ1n) is 8.40. The Bertz CT molecular complexity index is 764. The van der Waals surface area contributed by atoms with E-state index in [-0.39, 0.29) is 24.2 Å². The second-order valence-electron chi connectivity index (χ2n) is 7.25. The van der Waals surface area contributed by atoms with Gasteiger partial charge in [-0.25, -0.2) is 0 Å². The Morgan fingerprint density at radius 2 is 1.64 bits per heavy atom. The molecular weight excluding hydrogens is 316 g/mol. The summed E-state index contributed by atoms with van der Waals surface area (Å²) in [5.74, 6) is 1.23. The average molecular weight is 340 g/mol. The van der Waals surface area contributed by atoms with E-state index in [2.05, 4.69) is 43.5 Å². The van der Waals surface area contributed by atoms with Crippen LogP contribution in [0.2, 0.25) is 0 Å². The van der Waals surface area contributed by atoms with Gasteiger partial charge in [0.25, 0.3) is 0 Å². The minimum Gasteiger partial charge on any atom is -0.454 e. The normalized spacial score (nSPS) is 14.1. The summed E-state index contributed by atoms with van der Waals surface area (Å²) >= 11 is 0. The lowest BCUT2D eigenvalue weighted by Gasteiger charge is -2.20. The smallest absolute Gasteiger partial charge is 0.246 e. The highest BCUT2D eigenvalue weighted by molar-refractivity contribution is 5.96. The number of hydrogen-bond acceptors (Lipinski definition) is 4. The van der Waals surface area contributed by atoms with Crippen LogP contribution in [-0.2, 0) is 10.2 Å². The van der Waals surface area contributed by atoms with Crippen molar-refractivity contribution < 1.29 is 14.3 Å². The maximum atomic E-state index is 12.4. The van der Waals surface area contributed by atoms with E-state index in [1.54, 1.807) is 18.2 Å². The van der Waals surface area contributed by atoms with Crippen LogP contribution in [-0.4, -0.2) is 18.7 Å². The van der Waals surface area contributed by atoms with Crippen molar-refractivity contribution >= 4 is 17.3 Å². The highest BCUT2D eigenvalue weighted by Crippen LogP contribution is 2.34. The van der Waals surface area contributed by atoms with E-state index in [1.807, 2.05) is 19.1 Å². The Morgan fingerprint density at radius 3 is 2.32 bits per heavy atom. The van der Waals surface area contributed by atoms with Gasteiger partial charge in [0.1, 0.15) is 6.04 Å². The standard InChI is InChI=1S/C20H24N2O3/c1-13(21-15-7-5-14(6-8-15)20(2,3)4)19(23)22-16-9-10-17-18(11-16)25-12-24-17/h5-11,13,21H,12H2,1-4H3,(H,22,23). The fourth-order valence-electron chi connectivity index (χ4n) is 2.61. The van der Waals surface area contributed by atoms with Crippen molar-refractivity contribution in [2.24, 2.45) is 0 Å². The Hall–Kier alpha value is -2.69. The molecule has 0 bridgehead atoms. The Morgan fingerprint density at radius 1 is 1.00 bits per heavy atom. The molecule has 1 unspecified atom stereocenters. The molecule has 25 heavy (non-hydrogen) atoms. The van der Waals surface area contributed by atoms with Gasteiger partial charge in [0, 0.05) is 17.4 Å².